The first-order chi connectivity index (χ1) is 2.77. The van der Waals surface area contributed by atoms with Crippen LogP contribution in [0.15, 0.2) is 0 Å². The lowest BCUT2D eigenvalue weighted by atomic mass is 10.00. The van der Waals surface area contributed by atoms with Crippen molar-refractivity contribution >= 4 is 7.85 Å². The molecule has 6 heavy (non-hydrogen) atoms. The van der Waals surface area contributed by atoms with Gasteiger partial charge in [-0.15, -0.1) is 0 Å². The van der Waals surface area contributed by atoms with E-state index in [1.807, 2.05) is 6.92 Å². The summed E-state index contributed by atoms with van der Waals surface area (Å²) in [6.45, 7) is 1.81. The molecule has 0 aliphatic carbocycles. The van der Waals surface area contributed by atoms with Gasteiger partial charge in [0.2, 0.25) is 0 Å². The molecule has 1 nitrogen and oxygen atoms in total. The molecule has 0 saturated carbocycles. The Balaban J connectivity index is 2.63. The van der Waals surface area contributed by atoms with Gasteiger partial charge < -0.3 is 5.11 Å². The van der Waals surface area contributed by atoms with Crippen LogP contribution >= 0.6 is 0 Å². The first-order valence-electron chi connectivity index (χ1n) is 2.45. The molecule has 0 amide bonds. The summed E-state index contributed by atoms with van der Waals surface area (Å²) in [4.78, 5) is 0. The lowest BCUT2D eigenvalue weighted by Crippen LogP contribution is -1.96. The summed E-state index contributed by atoms with van der Waals surface area (Å²) >= 11 is 0. The molecule has 0 radical (unpaired) electrons. The van der Waals surface area contributed by atoms with Crippen LogP contribution in [0.1, 0.15) is 13.3 Å². The Morgan fingerprint density at radius 1 is 1.83 bits per heavy atom. The number of hydrogen-bond donors (Lipinski definition) is 1. The maximum absolute atomic E-state index is 8.55. The van der Waals surface area contributed by atoms with Gasteiger partial charge in [0.15, 0.2) is 0 Å². The van der Waals surface area contributed by atoms with Crippen LogP contribution in [0, 0.1) is 0 Å². The molecule has 1 unspecified atom stereocenters. The number of aliphatic hydroxyl groups is 1. The summed E-state index contributed by atoms with van der Waals surface area (Å²) < 4.78 is 0. The minimum Gasteiger partial charge on any atom is -0.393 e. The summed E-state index contributed by atoms with van der Waals surface area (Å²) in [5.74, 6) is 0. The first kappa shape index (κ1) is 6.02. The normalized spacial score (nSPS) is 14.3. The molecule has 0 aromatic carbocycles. The van der Waals surface area contributed by atoms with Gasteiger partial charge in [0.25, 0.3) is 0 Å². The average molecular weight is 85.9 g/mol. The molecule has 0 bridgehead atoms. The standard InChI is InChI=1S/C4H11BO/c1-4(6)2-3-5/h4,6H,2-3,5H2,1H3. The lowest BCUT2D eigenvalue weighted by Gasteiger charge is -1.95. The second kappa shape index (κ2) is 3.22. The molecule has 0 saturated heterocycles. The second-order valence-electron chi connectivity index (χ2n) is 1.64. The molecule has 0 aliphatic rings. The van der Waals surface area contributed by atoms with Crippen molar-refractivity contribution in [1.29, 1.82) is 0 Å². The topological polar surface area (TPSA) is 20.2 Å². The van der Waals surface area contributed by atoms with Crippen LogP contribution in [0.2, 0.25) is 6.32 Å². The highest BCUT2D eigenvalue weighted by Gasteiger charge is 1.87. The third-order valence-electron chi connectivity index (χ3n) is 0.706. The minimum atomic E-state index is -0.102. The molecule has 0 fully saturated rings. The summed E-state index contributed by atoms with van der Waals surface area (Å²) in [6, 6.07) is 0. The zero-order valence-electron chi connectivity index (χ0n) is 4.44. The smallest absolute Gasteiger partial charge is 0.101 e. The van der Waals surface area contributed by atoms with Crippen LogP contribution < -0.4 is 0 Å². The summed E-state index contributed by atoms with van der Waals surface area (Å²) in [5.41, 5.74) is 0. The molecule has 36 valence electrons. The van der Waals surface area contributed by atoms with Crippen molar-refractivity contribution < 1.29 is 5.11 Å². The molecule has 0 heterocycles. The van der Waals surface area contributed by atoms with Crippen molar-refractivity contribution in [1.82, 2.24) is 0 Å². The van der Waals surface area contributed by atoms with E-state index in [0.29, 0.717) is 0 Å². The van der Waals surface area contributed by atoms with Crippen LogP contribution in [-0.4, -0.2) is 19.1 Å². The van der Waals surface area contributed by atoms with Gasteiger partial charge in [-0.2, -0.15) is 0 Å². The van der Waals surface area contributed by atoms with Crippen LogP contribution in [-0.2, 0) is 0 Å². The maximum atomic E-state index is 8.55. The van der Waals surface area contributed by atoms with Crippen LogP contribution in [0.25, 0.3) is 0 Å². The van der Waals surface area contributed by atoms with E-state index in [1.165, 1.54) is 0 Å². The fourth-order valence-electron chi connectivity index (χ4n) is 0.418. The molecule has 0 rings (SSSR count). The number of aliphatic hydroxyl groups excluding tert-OH is 1. The monoisotopic (exact) mass is 86.1 g/mol. The predicted molar refractivity (Wildman–Crippen MR) is 29.6 cm³/mol. The molecule has 0 aromatic rings. The highest BCUT2D eigenvalue weighted by atomic mass is 16.3. The first-order valence-corrected chi connectivity index (χ1v) is 2.45. The van der Waals surface area contributed by atoms with Gasteiger partial charge in [-0.1, -0.05) is 6.32 Å². The second-order valence-corrected chi connectivity index (χ2v) is 1.64. The molecule has 2 heteroatoms. The van der Waals surface area contributed by atoms with Crippen LogP contribution in [0.3, 0.4) is 0 Å². The van der Waals surface area contributed by atoms with Crippen molar-refractivity contribution in [3.05, 3.63) is 0 Å². The van der Waals surface area contributed by atoms with E-state index < -0.39 is 0 Å². The minimum absolute atomic E-state index is 0.102. The van der Waals surface area contributed by atoms with E-state index in [-0.39, 0.29) is 6.10 Å². The van der Waals surface area contributed by atoms with Gasteiger partial charge in [-0.3, -0.25) is 0 Å². The molecule has 0 spiro atoms. The van der Waals surface area contributed by atoms with Crippen molar-refractivity contribution in [2.24, 2.45) is 0 Å². The van der Waals surface area contributed by atoms with E-state index in [9.17, 15) is 0 Å². The fraction of sp³-hybridized carbons (Fsp3) is 1.00. The molecule has 0 aromatic heterocycles. The molecular formula is C4H11BO. The zero-order chi connectivity index (χ0) is 4.99. The Morgan fingerprint density at radius 2 is 2.33 bits per heavy atom. The zero-order valence-corrected chi connectivity index (χ0v) is 4.44. The van der Waals surface area contributed by atoms with Crippen LogP contribution in [0.4, 0.5) is 0 Å². The van der Waals surface area contributed by atoms with E-state index in [0.717, 1.165) is 12.7 Å². The van der Waals surface area contributed by atoms with E-state index in [1.54, 1.807) is 0 Å². The SMILES string of the molecule is BCCC(C)O. The third kappa shape index (κ3) is 4.02. The Morgan fingerprint density at radius 3 is 2.33 bits per heavy atom. The Kier molecular flexibility index (Phi) is 3.24. The van der Waals surface area contributed by atoms with Gasteiger partial charge >= 0.3 is 0 Å². The molecular weight excluding hydrogens is 74.9 g/mol. The summed E-state index contributed by atoms with van der Waals surface area (Å²) in [7, 11) is 2.06. The highest BCUT2D eigenvalue weighted by Crippen LogP contribution is 1.89. The van der Waals surface area contributed by atoms with Crippen molar-refractivity contribution in [3.63, 3.8) is 0 Å². The quantitative estimate of drug-likeness (QED) is 0.461. The van der Waals surface area contributed by atoms with Crippen molar-refractivity contribution in [2.75, 3.05) is 0 Å². The summed E-state index contributed by atoms with van der Waals surface area (Å²) in [5, 5.41) is 8.55. The van der Waals surface area contributed by atoms with Gasteiger partial charge in [0.1, 0.15) is 7.85 Å². The average Bonchev–Trinajstić information content (AvgIpc) is 1.35. The van der Waals surface area contributed by atoms with E-state index in [4.69, 9.17) is 5.11 Å². The third-order valence-corrected chi connectivity index (χ3v) is 0.706. The Labute approximate surface area is 39.8 Å². The highest BCUT2D eigenvalue weighted by molar-refractivity contribution is 6.08. The number of hydrogen-bond acceptors (Lipinski definition) is 1. The van der Waals surface area contributed by atoms with Gasteiger partial charge in [0.05, 0.1) is 6.10 Å². The molecule has 0 aliphatic heterocycles. The van der Waals surface area contributed by atoms with E-state index in [2.05, 4.69) is 7.85 Å². The van der Waals surface area contributed by atoms with Crippen LogP contribution in [0.5, 0.6) is 0 Å². The largest absolute Gasteiger partial charge is 0.393 e. The fourth-order valence-corrected chi connectivity index (χ4v) is 0.418. The lowest BCUT2D eigenvalue weighted by molar-refractivity contribution is 0.191. The predicted octanol–water partition coefficient (Wildman–Crippen LogP) is -0.191. The van der Waals surface area contributed by atoms with Crippen molar-refractivity contribution in [2.45, 2.75) is 25.8 Å². The Hall–Kier alpha value is 0.0249. The van der Waals surface area contributed by atoms with Crippen molar-refractivity contribution in [3.8, 4) is 0 Å². The summed E-state index contributed by atoms with van der Waals surface area (Å²) in [6.07, 6.45) is 1.91. The molecule has 1 atom stereocenters. The maximum Gasteiger partial charge on any atom is 0.101 e. The van der Waals surface area contributed by atoms with E-state index >= 15 is 0 Å². The van der Waals surface area contributed by atoms with Gasteiger partial charge in [0, 0.05) is 0 Å². The van der Waals surface area contributed by atoms with Gasteiger partial charge in [-0.05, 0) is 13.3 Å². The Bertz CT molecular complexity index is 28.7. The molecule has 1 N–H and O–H groups in total. The van der Waals surface area contributed by atoms with Gasteiger partial charge in [-0.25, -0.2) is 0 Å². The number of rotatable bonds is 2.